The SMILES string of the molecule is O=C(Cn1ccc2ccccc21)N1CCS[C@@H](c2ccccc2Cl)CC1. The number of hydrogen-bond acceptors (Lipinski definition) is 2. The van der Waals surface area contributed by atoms with Crippen molar-refractivity contribution in [2.24, 2.45) is 0 Å². The number of benzene rings is 2. The summed E-state index contributed by atoms with van der Waals surface area (Å²) in [7, 11) is 0. The number of carbonyl (C=O) groups excluding carboxylic acids is 1. The standard InChI is InChI=1S/C21H21ClN2OS/c22-18-7-3-2-6-17(18)20-10-12-23(13-14-26-20)21(25)15-24-11-9-16-5-1-4-8-19(16)24/h1-9,11,20H,10,12-15H2/t20-/m1/s1. The van der Waals surface area contributed by atoms with E-state index in [2.05, 4.69) is 24.3 Å². The van der Waals surface area contributed by atoms with Crippen molar-refractivity contribution in [1.29, 1.82) is 0 Å². The predicted octanol–water partition coefficient (Wildman–Crippen LogP) is 5.00. The zero-order valence-electron chi connectivity index (χ0n) is 14.5. The molecule has 1 amide bonds. The predicted molar refractivity (Wildman–Crippen MR) is 110 cm³/mol. The number of para-hydroxylation sites is 1. The van der Waals surface area contributed by atoms with Crippen LogP contribution in [0.5, 0.6) is 0 Å². The molecule has 1 fully saturated rings. The number of carbonyl (C=O) groups is 1. The van der Waals surface area contributed by atoms with E-state index in [1.54, 1.807) is 0 Å². The topological polar surface area (TPSA) is 25.2 Å². The lowest BCUT2D eigenvalue weighted by atomic mass is 10.1. The van der Waals surface area contributed by atoms with Crippen LogP contribution in [0, 0.1) is 0 Å². The largest absolute Gasteiger partial charge is 0.340 e. The quantitative estimate of drug-likeness (QED) is 0.634. The highest BCUT2D eigenvalue weighted by atomic mass is 35.5. The van der Waals surface area contributed by atoms with Gasteiger partial charge >= 0.3 is 0 Å². The number of aromatic nitrogens is 1. The van der Waals surface area contributed by atoms with Crippen LogP contribution < -0.4 is 0 Å². The van der Waals surface area contributed by atoms with Crippen LogP contribution in [0.4, 0.5) is 0 Å². The molecule has 5 heteroatoms. The van der Waals surface area contributed by atoms with Crippen LogP contribution >= 0.6 is 23.4 Å². The Kier molecular flexibility index (Phi) is 5.23. The van der Waals surface area contributed by atoms with Crippen molar-refractivity contribution >= 4 is 40.2 Å². The van der Waals surface area contributed by atoms with Crippen LogP contribution in [0.3, 0.4) is 0 Å². The van der Waals surface area contributed by atoms with Gasteiger partial charge in [-0.05, 0) is 35.6 Å². The molecule has 0 saturated carbocycles. The molecular weight excluding hydrogens is 364 g/mol. The smallest absolute Gasteiger partial charge is 0.242 e. The summed E-state index contributed by atoms with van der Waals surface area (Å²) < 4.78 is 2.04. The van der Waals surface area contributed by atoms with Gasteiger partial charge in [-0.25, -0.2) is 0 Å². The minimum atomic E-state index is 0.187. The molecule has 0 N–H and O–H groups in total. The molecule has 4 rings (SSSR count). The molecule has 1 aromatic heterocycles. The van der Waals surface area contributed by atoms with Gasteiger partial charge in [0.2, 0.25) is 5.91 Å². The number of hydrogen-bond donors (Lipinski definition) is 0. The second-order valence-electron chi connectivity index (χ2n) is 6.55. The molecule has 0 aliphatic carbocycles. The average Bonchev–Trinajstić information content (AvgIpc) is 2.90. The molecule has 26 heavy (non-hydrogen) atoms. The highest BCUT2D eigenvalue weighted by Gasteiger charge is 2.23. The van der Waals surface area contributed by atoms with Crippen molar-refractivity contribution in [1.82, 2.24) is 9.47 Å². The van der Waals surface area contributed by atoms with Gasteiger partial charge in [0.05, 0.1) is 0 Å². The molecule has 0 bridgehead atoms. The Morgan fingerprint density at radius 1 is 1.08 bits per heavy atom. The Bertz CT molecular complexity index is 923. The molecule has 1 aliphatic heterocycles. The zero-order chi connectivity index (χ0) is 17.9. The monoisotopic (exact) mass is 384 g/mol. The number of rotatable bonds is 3. The number of nitrogens with zero attached hydrogens (tertiary/aromatic N) is 2. The van der Waals surface area contributed by atoms with Gasteiger partial charge in [0.1, 0.15) is 6.54 Å². The summed E-state index contributed by atoms with van der Waals surface area (Å²) in [6.45, 7) is 1.97. The van der Waals surface area contributed by atoms with Crippen molar-refractivity contribution in [3.8, 4) is 0 Å². The molecule has 2 heterocycles. The molecule has 1 aliphatic rings. The summed E-state index contributed by atoms with van der Waals surface area (Å²) >= 11 is 8.26. The summed E-state index contributed by atoms with van der Waals surface area (Å²) in [5.74, 6) is 1.13. The summed E-state index contributed by atoms with van der Waals surface area (Å²) in [4.78, 5) is 14.8. The third-order valence-corrected chi connectivity index (χ3v) is 6.59. The Hall–Kier alpha value is -1.91. The summed E-state index contributed by atoms with van der Waals surface area (Å²) in [5.41, 5.74) is 2.30. The van der Waals surface area contributed by atoms with Gasteiger partial charge in [0.25, 0.3) is 0 Å². The molecule has 0 radical (unpaired) electrons. The average molecular weight is 385 g/mol. The fourth-order valence-corrected chi connectivity index (χ4v) is 5.13. The van der Waals surface area contributed by atoms with Gasteiger partial charge in [-0.3, -0.25) is 4.79 Å². The van der Waals surface area contributed by atoms with Gasteiger partial charge in [-0.1, -0.05) is 48.0 Å². The number of fused-ring (bicyclic) bond motifs is 1. The molecule has 134 valence electrons. The van der Waals surface area contributed by atoms with E-state index in [1.807, 2.05) is 57.8 Å². The Labute approximate surface area is 162 Å². The molecule has 0 spiro atoms. The van der Waals surface area contributed by atoms with E-state index in [4.69, 9.17) is 11.6 Å². The minimum Gasteiger partial charge on any atom is -0.340 e. The van der Waals surface area contributed by atoms with Crippen LogP contribution in [0.2, 0.25) is 5.02 Å². The fraction of sp³-hybridized carbons (Fsp3) is 0.286. The second kappa shape index (κ2) is 7.77. The fourth-order valence-electron chi connectivity index (χ4n) is 3.53. The van der Waals surface area contributed by atoms with E-state index in [-0.39, 0.29) is 5.91 Å². The van der Waals surface area contributed by atoms with E-state index in [1.165, 1.54) is 10.9 Å². The Morgan fingerprint density at radius 3 is 2.77 bits per heavy atom. The van der Waals surface area contributed by atoms with Gasteiger partial charge in [0.15, 0.2) is 0 Å². The molecular formula is C21H21ClN2OS. The van der Waals surface area contributed by atoms with Crippen molar-refractivity contribution < 1.29 is 4.79 Å². The lowest BCUT2D eigenvalue weighted by Gasteiger charge is -2.21. The van der Waals surface area contributed by atoms with Crippen LogP contribution in [-0.4, -0.2) is 34.2 Å². The summed E-state index contributed by atoms with van der Waals surface area (Å²) in [6, 6.07) is 18.3. The maximum atomic E-state index is 12.8. The van der Waals surface area contributed by atoms with Crippen molar-refractivity contribution in [3.05, 3.63) is 71.4 Å². The first kappa shape index (κ1) is 17.5. The van der Waals surface area contributed by atoms with Crippen LogP contribution in [0.25, 0.3) is 10.9 Å². The van der Waals surface area contributed by atoms with Crippen LogP contribution in [-0.2, 0) is 11.3 Å². The number of amides is 1. The van der Waals surface area contributed by atoms with Crippen LogP contribution in [0.1, 0.15) is 17.2 Å². The lowest BCUT2D eigenvalue weighted by molar-refractivity contribution is -0.131. The Morgan fingerprint density at radius 2 is 1.88 bits per heavy atom. The normalized spacial score (nSPS) is 18.0. The number of halogens is 1. The van der Waals surface area contributed by atoms with E-state index < -0.39 is 0 Å². The minimum absolute atomic E-state index is 0.187. The van der Waals surface area contributed by atoms with Gasteiger partial charge in [-0.2, -0.15) is 11.8 Å². The van der Waals surface area contributed by atoms with E-state index in [0.29, 0.717) is 11.8 Å². The molecule has 1 saturated heterocycles. The number of thioether (sulfide) groups is 1. The molecule has 2 aromatic carbocycles. The van der Waals surface area contributed by atoms with Gasteiger partial charge < -0.3 is 9.47 Å². The van der Waals surface area contributed by atoms with Crippen molar-refractivity contribution in [3.63, 3.8) is 0 Å². The van der Waals surface area contributed by atoms with Crippen molar-refractivity contribution in [2.45, 2.75) is 18.2 Å². The highest BCUT2D eigenvalue weighted by molar-refractivity contribution is 7.99. The molecule has 0 unspecified atom stereocenters. The van der Waals surface area contributed by atoms with Crippen LogP contribution in [0.15, 0.2) is 60.8 Å². The summed E-state index contributed by atoms with van der Waals surface area (Å²) in [5, 5.41) is 2.35. The maximum Gasteiger partial charge on any atom is 0.242 e. The van der Waals surface area contributed by atoms with E-state index in [9.17, 15) is 4.79 Å². The van der Waals surface area contributed by atoms with Gasteiger partial charge in [0, 0.05) is 40.8 Å². The Balaban J connectivity index is 1.44. The van der Waals surface area contributed by atoms with Gasteiger partial charge in [-0.15, -0.1) is 0 Å². The molecule has 1 atom stereocenters. The second-order valence-corrected chi connectivity index (χ2v) is 8.27. The highest BCUT2D eigenvalue weighted by Crippen LogP contribution is 2.37. The summed E-state index contributed by atoms with van der Waals surface area (Å²) in [6.07, 6.45) is 2.94. The van der Waals surface area contributed by atoms with E-state index >= 15 is 0 Å². The lowest BCUT2D eigenvalue weighted by Crippen LogP contribution is -2.35. The zero-order valence-corrected chi connectivity index (χ0v) is 16.0. The maximum absolute atomic E-state index is 12.8. The first-order valence-corrected chi connectivity index (χ1v) is 10.3. The van der Waals surface area contributed by atoms with Crippen molar-refractivity contribution in [2.75, 3.05) is 18.8 Å². The third-order valence-electron chi connectivity index (χ3n) is 4.93. The molecule has 3 aromatic rings. The first-order valence-electron chi connectivity index (χ1n) is 8.90. The van der Waals surface area contributed by atoms with E-state index in [0.717, 1.165) is 35.8 Å². The molecule has 3 nitrogen and oxygen atoms in total. The third kappa shape index (κ3) is 3.62. The first-order chi connectivity index (χ1) is 12.7.